The maximum atomic E-state index is 11.9. The van der Waals surface area contributed by atoms with E-state index < -0.39 is 0 Å². The Bertz CT molecular complexity index is 216. The van der Waals surface area contributed by atoms with Crippen molar-refractivity contribution < 1.29 is 9.90 Å². The third kappa shape index (κ3) is 1.77. The van der Waals surface area contributed by atoms with Crippen LogP contribution in [0.5, 0.6) is 0 Å². The smallest absolute Gasteiger partial charge is 0.240 e. The van der Waals surface area contributed by atoms with E-state index in [1.165, 1.54) is 0 Å². The van der Waals surface area contributed by atoms with Crippen LogP contribution >= 0.6 is 0 Å². The molecule has 4 nitrogen and oxygen atoms in total. The van der Waals surface area contributed by atoms with Crippen LogP contribution in [0.2, 0.25) is 0 Å². The van der Waals surface area contributed by atoms with Crippen molar-refractivity contribution in [2.24, 2.45) is 0 Å². The molecule has 2 rings (SSSR count). The van der Waals surface area contributed by atoms with E-state index in [2.05, 4.69) is 5.32 Å². The third-order valence-electron chi connectivity index (χ3n) is 3.24. The highest BCUT2D eigenvalue weighted by Gasteiger charge is 2.33. The van der Waals surface area contributed by atoms with Gasteiger partial charge in [-0.2, -0.15) is 0 Å². The Morgan fingerprint density at radius 3 is 2.79 bits per heavy atom. The summed E-state index contributed by atoms with van der Waals surface area (Å²) in [5.74, 6) is 0.190. The first kappa shape index (κ1) is 9.93. The van der Waals surface area contributed by atoms with Crippen molar-refractivity contribution in [3.8, 4) is 0 Å². The molecule has 4 heteroatoms. The first-order chi connectivity index (χ1) is 6.83. The van der Waals surface area contributed by atoms with E-state index in [1.807, 2.05) is 4.90 Å². The number of nitrogens with one attached hydrogen (secondary N) is 1. The van der Waals surface area contributed by atoms with Crippen LogP contribution in [0.25, 0.3) is 0 Å². The van der Waals surface area contributed by atoms with E-state index in [-0.39, 0.29) is 24.6 Å². The lowest BCUT2D eigenvalue weighted by Gasteiger charge is -2.39. The number of aliphatic hydroxyl groups is 1. The van der Waals surface area contributed by atoms with Gasteiger partial charge in [0.15, 0.2) is 0 Å². The number of carbonyl (C=O) groups excluding carboxylic acids is 1. The fraction of sp³-hybridized carbons (Fsp3) is 0.900. The standard InChI is InChI=1S/C10H18N2O2/c13-7-8-3-1-2-6-12(8)10(14)9-4-5-11-9/h8-9,11,13H,1-7H2. The molecule has 2 aliphatic rings. The van der Waals surface area contributed by atoms with E-state index in [9.17, 15) is 4.79 Å². The van der Waals surface area contributed by atoms with Crippen molar-refractivity contribution in [2.45, 2.75) is 37.8 Å². The quantitative estimate of drug-likeness (QED) is 0.642. The van der Waals surface area contributed by atoms with Gasteiger partial charge in [-0.25, -0.2) is 0 Å². The fourth-order valence-corrected chi connectivity index (χ4v) is 2.18. The molecule has 0 aromatic rings. The predicted molar refractivity (Wildman–Crippen MR) is 52.8 cm³/mol. The van der Waals surface area contributed by atoms with Crippen LogP contribution in [-0.2, 0) is 4.79 Å². The van der Waals surface area contributed by atoms with Gasteiger partial charge in [0.05, 0.1) is 18.7 Å². The number of hydrogen-bond acceptors (Lipinski definition) is 3. The van der Waals surface area contributed by atoms with E-state index >= 15 is 0 Å². The van der Waals surface area contributed by atoms with E-state index in [4.69, 9.17) is 5.11 Å². The third-order valence-corrected chi connectivity index (χ3v) is 3.24. The molecule has 0 aliphatic carbocycles. The zero-order valence-electron chi connectivity index (χ0n) is 8.41. The summed E-state index contributed by atoms with van der Waals surface area (Å²) in [6.45, 7) is 1.88. The number of piperidine rings is 1. The lowest BCUT2D eigenvalue weighted by Crippen LogP contribution is -2.58. The summed E-state index contributed by atoms with van der Waals surface area (Å²) in [4.78, 5) is 13.8. The van der Waals surface area contributed by atoms with Gasteiger partial charge in [0.2, 0.25) is 5.91 Å². The molecule has 2 aliphatic heterocycles. The van der Waals surface area contributed by atoms with Gasteiger partial charge in [-0.15, -0.1) is 0 Å². The summed E-state index contributed by atoms with van der Waals surface area (Å²) in [6, 6.07) is 0.0980. The number of nitrogens with zero attached hydrogens (tertiary/aromatic N) is 1. The van der Waals surface area contributed by atoms with Crippen molar-refractivity contribution in [3.63, 3.8) is 0 Å². The molecule has 2 saturated heterocycles. The van der Waals surface area contributed by atoms with Gasteiger partial charge in [0.1, 0.15) is 0 Å². The molecular weight excluding hydrogens is 180 g/mol. The van der Waals surface area contributed by atoms with Crippen LogP contribution in [0.3, 0.4) is 0 Å². The van der Waals surface area contributed by atoms with Gasteiger partial charge in [-0.1, -0.05) is 0 Å². The molecule has 0 bridgehead atoms. The van der Waals surface area contributed by atoms with Crippen LogP contribution in [0.15, 0.2) is 0 Å². The minimum Gasteiger partial charge on any atom is -0.394 e. The number of aliphatic hydroxyl groups excluding tert-OH is 1. The Balaban J connectivity index is 1.95. The Morgan fingerprint density at radius 2 is 2.21 bits per heavy atom. The lowest BCUT2D eigenvalue weighted by atomic mass is 9.99. The molecule has 14 heavy (non-hydrogen) atoms. The van der Waals surface area contributed by atoms with Crippen molar-refractivity contribution in [1.29, 1.82) is 0 Å². The molecule has 0 saturated carbocycles. The lowest BCUT2D eigenvalue weighted by molar-refractivity contribution is -0.140. The summed E-state index contributed by atoms with van der Waals surface area (Å²) < 4.78 is 0. The molecule has 2 atom stereocenters. The average Bonchev–Trinajstić information content (AvgIpc) is 2.15. The number of hydrogen-bond donors (Lipinski definition) is 2. The summed E-state index contributed by atoms with van der Waals surface area (Å²) in [6.07, 6.45) is 4.12. The first-order valence-electron chi connectivity index (χ1n) is 5.47. The van der Waals surface area contributed by atoms with E-state index in [0.29, 0.717) is 0 Å². The number of rotatable bonds is 2. The van der Waals surface area contributed by atoms with Crippen LogP contribution in [-0.4, -0.2) is 47.7 Å². The van der Waals surface area contributed by atoms with E-state index in [1.54, 1.807) is 0 Å². The van der Waals surface area contributed by atoms with Gasteiger partial charge < -0.3 is 15.3 Å². The topological polar surface area (TPSA) is 52.6 Å². The van der Waals surface area contributed by atoms with Crippen LogP contribution in [0.1, 0.15) is 25.7 Å². The average molecular weight is 198 g/mol. The van der Waals surface area contributed by atoms with Crippen molar-refractivity contribution in [3.05, 3.63) is 0 Å². The molecule has 2 fully saturated rings. The van der Waals surface area contributed by atoms with Crippen molar-refractivity contribution in [1.82, 2.24) is 10.2 Å². The van der Waals surface area contributed by atoms with Crippen molar-refractivity contribution >= 4 is 5.91 Å². The highest BCUT2D eigenvalue weighted by Crippen LogP contribution is 2.19. The molecule has 2 unspecified atom stereocenters. The molecule has 80 valence electrons. The number of likely N-dealkylation sites (tertiary alicyclic amines) is 1. The van der Waals surface area contributed by atoms with Gasteiger partial charge in [-0.3, -0.25) is 4.79 Å². The molecule has 0 radical (unpaired) electrons. The predicted octanol–water partition coefficient (Wildman–Crippen LogP) is -0.278. The summed E-state index contributed by atoms with van der Waals surface area (Å²) >= 11 is 0. The second kappa shape index (κ2) is 4.28. The molecule has 0 spiro atoms. The Labute approximate surface area is 84.3 Å². The molecule has 1 amide bonds. The molecule has 0 aromatic heterocycles. The van der Waals surface area contributed by atoms with Crippen LogP contribution in [0, 0.1) is 0 Å². The molecule has 2 N–H and O–H groups in total. The van der Waals surface area contributed by atoms with Gasteiger partial charge in [0.25, 0.3) is 0 Å². The van der Waals surface area contributed by atoms with Gasteiger partial charge in [0, 0.05) is 6.54 Å². The normalized spacial score (nSPS) is 32.5. The van der Waals surface area contributed by atoms with E-state index in [0.717, 1.165) is 38.8 Å². The Morgan fingerprint density at radius 1 is 1.43 bits per heavy atom. The minimum atomic E-state index is 0.0298. The highest BCUT2D eigenvalue weighted by atomic mass is 16.3. The largest absolute Gasteiger partial charge is 0.394 e. The monoisotopic (exact) mass is 198 g/mol. The highest BCUT2D eigenvalue weighted by molar-refractivity contribution is 5.83. The first-order valence-corrected chi connectivity index (χ1v) is 5.47. The number of carbonyl (C=O) groups is 1. The van der Waals surface area contributed by atoms with Gasteiger partial charge >= 0.3 is 0 Å². The second-order valence-electron chi connectivity index (χ2n) is 4.16. The summed E-state index contributed by atoms with van der Waals surface area (Å²) in [5.41, 5.74) is 0. The van der Waals surface area contributed by atoms with Gasteiger partial charge in [-0.05, 0) is 32.2 Å². The number of amides is 1. The van der Waals surface area contributed by atoms with Crippen LogP contribution in [0.4, 0.5) is 0 Å². The molecule has 0 aromatic carbocycles. The maximum Gasteiger partial charge on any atom is 0.240 e. The maximum absolute atomic E-state index is 11.9. The Hall–Kier alpha value is -0.610. The second-order valence-corrected chi connectivity index (χ2v) is 4.16. The summed E-state index contributed by atoms with van der Waals surface area (Å²) in [5, 5.41) is 12.3. The molecular formula is C10H18N2O2. The minimum absolute atomic E-state index is 0.0298. The Kier molecular flexibility index (Phi) is 3.03. The fourth-order valence-electron chi connectivity index (χ4n) is 2.18. The summed E-state index contributed by atoms with van der Waals surface area (Å²) in [7, 11) is 0. The zero-order chi connectivity index (χ0) is 9.97. The zero-order valence-corrected chi connectivity index (χ0v) is 8.41. The molecule has 2 heterocycles. The SMILES string of the molecule is O=C(C1CCN1)N1CCCCC1CO. The van der Waals surface area contributed by atoms with Crippen molar-refractivity contribution in [2.75, 3.05) is 19.7 Å². The van der Waals surface area contributed by atoms with Crippen LogP contribution < -0.4 is 5.32 Å².